The van der Waals surface area contributed by atoms with E-state index in [1.54, 1.807) is 6.07 Å². The Balaban J connectivity index is 2.73. The van der Waals surface area contributed by atoms with Gasteiger partial charge in [0, 0.05) is 16.7 Å². The molecular formula is C12H19BrN2O3S. The van der Waals surface area contributed by atoms with Gasteiger partial charge in [-0.2, -0.15) is 0 Å². The molecule has 0 heterocycles. The second-order valence-electron chi connectivity index (χ2n) is 4.82. The lowest BCUT2D eigenvalue weighted by molar-refractivity contribution is 0.152. The number of aliphatic hydroxyl groups is 1. The summed E-state index contributed by atoms with van der Waals surface area (Å²) in [5.41, 5.74) is 6.00. The Hall–Kier alpha value is -0.630. The van der Waals surface area contributed by atoms with Crippen molar-refractivity contribution in [2.24, 2.45) is 5.92 Å². The van der Waals surface area contributed by atoms with Crippen LogP contribution in [0.4, 0.5) is 5.69 Å². The van der Waals surface area contributed by atoms with Crippen molar-refractivity contribution in [3.63, 3.8) is 0 Å². The van der Waals surface area contributed by atoms with Gasteiger partial charge < -0.3 is 10.8 Å². The lowest BCUT2D eigenvalue weighted by atomic mass is 10.1. The van der Waals surface area contributed by atoms with Crippen LogP contribution in [-0.4, -0.2) is 26.2 Å². The van der Waals surface area contributed by atoms with Crippen molar-refractivity contribution < 1.29 is 13.5 Å². The third-order valence-corrected chi connectivity index (χ3v) is 4.67. The van der Waals surface area contributed by atoms with Crippen LogP contribution in [0.25, 0.3) is 0 Å². The lowest BCUT2D eigenvalue weighted by Gasteiger charge is -2.14. The molecular weight excluding hydrogens is 332 g/mol. The number of nitrogens with two attached hydrogens (primary N) is 1. The van der Waals surface area contributed by atoms with Gasteiger partial charge in [-0.25, -0.2) is 13.1 Å². The molecule has 1 aromatic rings. The molecule has 4 N–H and O–H groups in total. The number of nitrogen functional groups attached to an aromatic ring is 1. The van der Waals surface area contributed by atoms with Gasteiger partial charge in [0.25, 0.3) is 0 Å². The van der Waals surface area contributed by atoms with Gasteiger partial charge in [-0.15, -0.1) is 0 Å². The Kier molecular flexibility index (Phi) is 5.79. The van der Waals surface area contributed by atoms with Gasteiger partial charge in [-0.1, -0.05) is 13.8 Å². The van der Waals surface area contributed by atoms with Crippen molar-refractivity contribution in [3.8, 4) is 0 Å². The molecule has 0 aromatic heterocycles. The second kappa shape index (κ2) is 6.69. The average Bonchev–Trinajstić information content (AvgIpc) is 2.29. The first-order valence-electron chi connectivity index (χ1n) is 5.95. The number of nitrogens with one attached hydrogen (secondary N) is 1. The fraction of sp³-hybridized carbons (Fsp3) is 0.500. The maximum Gasteiger partial charge on any atom is 0.240 e. The van der Waals surface area contributed by atoms with E-state index in [2.05, 4.69) is 20.7 Å². The zero-order valence-corrected chi connectivity index (χ0v) is 13.3. The van der Waals surface area contributed by atoms with E-state index < -0.39 is 16.1 Å². The van der Waals surface area contributed by atoms with Crippen LogP contribution >= 0.6 is 15.9 Å². The first kappa shape index (κ1) is 16.4. The van der Waals surface area contributed by atoms with Gasteiger partial charge in [-0.3, -0.25) is 0 Å². The van der Waals surface area contributed by atoms with Crippen LogP contribution in [0.3, 0.4) is 0 Å². The topological polar surface area (TPSA) is 92.4 Å². The normalized spacial score (nSPS) is 13.7. The Morgan fingerprint density at radius 3 is 2.58 bits per heavy atom. The highest BCUT2D eigenvalue weighted by Gasteiger charge is 2.17. The van der Waals surface area contributed by atoms with Crippen LogP contribution in [0.15, 0.2) is 27.6 Å². The van der Waals surface area contributed by atoms with Crippen LogP contribution in [0.5, 0.6) is 0 Å². The van der Waals surface area contributed by atoms with E-state index in [1.807, 2.05) is 13.8 Å². The Morgan fingerprint density at radius 1 is 1.42 bits per heavy atom. The van der Waals surface area contributed by atoms with Gasteiger partial charge in [-0.05, 0) is 46.5 Å². The molecule has 0 radical (unpaired) electrons. The molecule has 0 aliphatic carbocycles. The summed E-state index contributed by atoms with van der Waals surface area (Å²) in [6.07, 6.45) is -0.145. The molecule has 0 aliphatic rings. The van der Waals surface area contributed by atoms with Crippen LogP contribution in [0, 0.1) is 5.92 Å². The maximum absolute atomic E-state index is 12.0. The van der Waals surface area contributed by atoms with E-state index in [1.165, 1.54) is 12.1 Å². The molecule has 0 fully saturated rings. The Bertz CT molecular complexity index is 532. The fourth-order valence-corrected chi connectivity index (χ4v) is 2.96. The minimum atomic E-state index is -3.64. The zero-order chi connectivity index (χ0) is 14.6. The average molecular weight is 351 g/mol. The van der Waals surface area contributed by atoms with E-state index in [-0.39, 0.29) is 11.4 Å². The lowest BCUT2D eigenvalue weighted by Crippen LogP contribution is -2.32. The number of sulfonamides is 1. The standard InChI is InChI=1S/C12H19BrN2O3S/c1-8(2)5-9(16)7-15-19(17,18)10-3-4-11(13)12(14)6-10/h3-4,6,8-9,15-16H,5,7,14H2,1-2H3. The molecule has 7 heteroatoms. The van der Waals surface area contributed by atoms with E-state index in [4.69, 9.17) is 5.73 Å². The van der Waals surface area contributed by atoms with Crippen LogP contribution in [0.2, 0.25) is 0 Å². The molecule has 108 valence electrons. The number of hydrogen-bond donors (Lipinski definition) is 3. The quantitative estimate of drug-likeness (QED) is 0.681. The molecule has 0 amide bonds. The number of benzene rings is 1. The van der Waals surface area contributed by atoms with Crippen molar-refractivity contribution in [1.29, 1.82) is 0 Å². The summed E-state index contributed by atoms with van der Waals surface area (Å²) in [7, 11) is -3.64. The molecule has 0 saturated carbocycles. The predicted octanol–water partition coefficient (Wildman–Crippen LogP) is 1.72. The van der Waals surface area contributed by atoms with Crippen molar-refractivity contribution >= 4 is 31.6 Å². The second-order valence-corrected chi connectivity index (χ2v) is 7.44. The van der Waals surface area contributed by atoms with Crippen LogP contribution in [-0.2, 0) is 10.0 Å². The molecule has 0 bridgehead atoms. The summed E-state index contributed by atoms with van der Waals surface area (Å²) in [6, 6.07) is 4.41. The van der Waals surface area contributed by atoms with Crippen LogP contribution in [0.1, 0.15) is 20.3 Å². The fourth-order valence-electron chi connectivity index (χ4n) is 1.61. The van der Waals surface area contributed by atoms with Gasteiger partial charge >= 0.3 is 0 Å². The molecule has 1 rings (SSSR count). The SMILES string of the molecule is CC(C)CC(O)CNS(=O)(=O)c1ccc(Br)c(N)c1. The van der Waals surface area contributed by atoms with Crippen molar-refractivity contribution in [3.05, 3.63) is 22.7 Å². The molecule has 19 heavy (non-hydrogen) atoms. The van der Waals surface area contributed by atoms with Gasteiger partial charge in [0.2, 0.25) is 10.0 Å². The minimum absolute atomic E-state index is 0.00349. The summed E-state index contributed by atoms with van der Waals surface area (Å²) >= 11 is 3.21. The third-order valence-electron chi connectivity index (χ3n) is 2.53. The first-order chi connectivity index (χ1) is 8.72. The van der Waals surface area contributed by atoms with Crippen LogP contribution < -0.4 is 10.5 Å². The summed E-state index contributed by atoms with van der Waals surface area (Å²) < 4.78 is 27.0. The van der Waals surface area contributed by atoms with E-state index in [0.717, 1.165) is 0 Å². The molecule has 5 nitrogen and oxygen atoms in total. The largest absolute Gasteiger partial charge is 0.398 e. The summed E-state index contributed by atoms with van der Waals surface area (Å²) in [4.78, 5) is 0.0879. The van der Waals surface area contributed by atoms with Crippen molar-refractivity contribution in [2.45, 2.75) is 31.3 Å². The highest BCUT2D eigenvalue weighted by molar-refractivity contribution is 9.10. The highest BCUT2D eigenvalue weighted by Crippen LogP contribution is 2.22. The van der Waals surface area contributed by atoms with E-state index in [9.17, 15) is 13.5 Å². The summed E-state index contributed by atoms with van der Waals surface area (Å²) in [5, 5.41) is 9.67. The maximum atomic E-state index is 12.0. The molecule has 1 aromatic carbocycles. The smallest absolute Gasteiger partial charge is 0.240 e. The number of rotatable bonds is 6. The Morgan fingerprint density at radius 2 is 2.05 bits per heavy atom. The van der Waals surface area contributed by atoms with E-state index in [0.29, 0.717) is 22.5 Å². The number of aliphatic hydroxyl groups excluding tert-OH is 1. The monoisotopic (exact) mass is 350 g/mol. The molecule has 0 saturated heterocycles. The number of anilines is 1. The van der Waals surface area contributed by atoms with Crippen molar-refractivity contribution in [1.82, 2.24) is 4.72 Å². The molecule has 0 spiro atoms. The van der Waals surface area contributed by atoms with Gasteiger partial charge in [0.05, 0.1) is 11.0 Å². The minimum Gasteiger partial charge on any atom is -0.398 e. The van der Waals surface area contributed by atoms with Crippen molar-refractivity contribution in [2.75, 3.05) is 12.3 Å². The zero-order valence-electron chi connectivity index (χ0n) is 10.9. The predicted molar refractivity (Wildman–Crippen MR) is 79.2 cm³/mol. The molecule has 0 aliphatic heterocycles. The van der Waals surface area contributed by atoms with Gasteiger partial charge in [0.15, 0.2) is 0 Å². The highest BCUT2D eigenvalue weighted by atomic mass is 79.9. The Labute approximate surface area is 122 Å². The molecule has 1 unspecified atom stereocenters. The summed E-state index contributed by atoms with van der Waals surface area (Å²) in [5.74, 6) is 0.308. The third kappa shape index (κ3) is 5.10. The first-order valence-corrected chi connectivity index (χ1v) is 8.22. The molecule has 1 atom stereocenters. The van der Waals surface area contributed by atoms with Gasteiger partial charge in [0.1, 0.15) is 0 Å². The number of hydrogen-bond acceptors (Lipinski definition) is 4. The van der Waals surface area contributed by atoms with E-state index >= 15 is 0 Å². The number of halogens is 1. The summed E-state index contributed by atoms with van der Waals surface area (Å²) in [6.45, 7) is 3.93.